The van der Waals surface area contributed by atoms with Crippen molar-refractivity contribution in [1.82, 2.24) is 29.4 Å². The highest BCUT2D eigenvalue weighted by Gasteiger charge is 2.27. The van der Waals surface area contributed by atoms with E-state index in [2.05, 4.69) is 20.5 Å². The number of hydrogen-bond donors (Lipinski definition) is 1. The maximum absolute atomic E-state index is 12.8. The quantitative estimate of drug-likeness (QED) is 0.714. The van der Waals surface area contributed by atoms with Crippen LogP contribution in [0.1, 0.15) is 33.1 Å². The van der Waals surface area contributed by atoms with Gasteiger partial charge in [-0.25, -0.2) is 4.98 Å². The third-order valence-electron chi connectivity index (χ3n) is 4.76. The molecule has 10 nitrogen and oxygen atoms in total. The van der Waals surface area contributed by atoms with E-state index in [1.807, 2.05) is 0 Å². The minimum absolute atomic E-state index is 0.143. The molecule has 1 N–H and O–H groups in total. The average molecular weight is 395 g/mol. The highest BCUT2D eigenvalue weighted by molar-refractivity contribution is 6.05. The Kier molecular flexibility index (Phi) is 4.98. The molecule has 0 unspecified atom stereocenters. The number of carbonyl (C=O) groups is 2. The molecular weight excluding hydrogens is 374 g/mol. The number of aryl methyl sites for hydroxylation is 2. The Balaban J connectivity index is 1.54. The van der Waals surface area contributed by atoms with Crippen LogP contribution in [0.25, 0.3) is 0 Å². The van der Waals surface area contributed by atoms with Crippen molar-refractivity contribution < 1.29 is 14.3 Å². The van der Waals surface area contributed by atoms with Gasteiger partial charge in [-0.1, -0.05) is 0 Å². The standard InChI is InChI=1S/C19H21N7O3/c1-24-12-20-17(23-24)19(28)25-8-3-9-26-16(11-25)15(10-21-26)18(27)22-13-4-6-14(29-2)7-5-13/h4-7,10,12H,3,8-9,11H2,1-2H3,(H,22,27). The summed E-state index contributed by atoms with van der Waals surface area (Å²) in [6, 6.07) is 7.08. The third-order valence-corrected chi connectivity index (χ3v) is 4.76. The molecule has 3 aromatic rings. The van der Waals surface area contributed by atoms with Crippen LogP contribution >= 0.6 is 0 Å². The number of benzene rings is 1. The molecule has 1 aromatic carbocycles. The van der Waals surface area contributed by atoms with Gasteiger partial charge in [0.2, 0.25) is 5.82 Å². The van der Waals surface area contributed by atoms with E-state index in [4.69, 9.17) is 4.74 Å². The van der Waals surface area contributed by atoms with Crippen molar-refractivity contribution in [3.8, 4) is 5.75 Å². The Morgan fingerprint density at radius 3 is 2.66 bits per heavy atom. The smallest absolute Gasteiger partial charge is 0.293 e. The van der Waals surface area contributed by atoms with Gasteiger partial charge < -0.3 is 15.0 Å². The number of fused-ring (bicyclic) bond motifs is 1. The van der Waals surface area contributed by atoms with E-state index < -0.39 is 0 Å². The number of carbonyl (C=O) groups excluding carboxylic acids is 2. The van der Waals surface area contributed by atoms with E-state index in [1.165, 1.54) is 11.0 Å². The number of aromatic nitrogens is 5. The summed E-state index contributed by atoms with van der Waals surface area (Å²) >= 11 is 0. The number of amides is 2. The summed E-state index contributed by atoms with van der Waals surface area (Å²) in [6.45, 7) is 1.44. The van der Waals surface area contributed by atoms with Crippen molar-refractivity contribution in [3.05, 3.63) is 53.9 Å². The van der Waals surface area contributed by atoms with Crippen LogP contribution in [-0.2, 0) is 20.1 Å². The van der Waals surface area contributed by atoms with Crippen molar-refractivity contribution in [2.75, 3.05) is 19.0 Å². The minimum atomic E-state index is -0.276. The summed E-state index contributed by atoms with van der Waals surface area (Å²) in [5, 5.41) is 11.3. The van der Waals surface area contributed by atoms with Gasteiger partial charge in [0.25, 0.3) is 11.8 Å². The molecule has 150 valence electrons. The van der Waals surface area contributed by atoms with Crippen LogP contribution < -0.4 is 10.1 Å². The van der Waals surface area contributed by atoms with Crippen molar-refractivity contribution in [3.63, 3.8) is 0 Å². The number of nitrogens with zero attached hydrogens (tertiary/aromatic N) is 6. The average Bonchev–Trinajstić information content (AvgIpc) is 3.28. The number of hydrogen-bond acceptors (Lipinski definition) is 6. The van der Waals surface area contributed by atoms with E-state index in [0.29, 0.717) is 35.8 Å². The fourth-order valence-corrected chi connectivity index (χ4v) is 3.26. The molecule has 10 heteroatoms. The van der Waals surface area contributed by atoms with Crippen molar-refractivity contribution in [2.45, 2.75) is 19.5 Å². The minimum Gasteiger partial charge on any atom is -0.497 e. The van der Waals surface area contributed by atoms with Crippen molar-refractivity contribution in [1.29, 1.82) is 0 Å². The second-order valence-corrected chi connectivity index (χ2v) is 6.73. The van der Waals surface area contributed by atoms with Gasteiger partial charge in [0.1, 0.15) is 12.1 Å². The third kappa shape index (κ3) is 3.82. The molecule has 0 fully saturated rings. The Morgan fingerprint density at radius 1 is 1.17 bits per heavy atom. The van der Waals surface area contributed by atoms with Crippen LogP contribution in [-0.4, -0.2) is 54.9 Å². The monoisotopic (exact) mass is 395 g/mol. The molecule has 0 aliphatic carbocycles. The van der Waals surface area contributed by atoms with E-state index in [1.54, 1.807) is 54.2 Å². The second kappa shape index (κ2) is 7.74. The molecule has 0 saturated heterocycles. The normalized spacial score (nSPS) is 13.5. The molecule has 1 aliphatic rings. The molecule has 0 radical (unpaired) electrons. The molecule has 3 heterocycles. The molecule has 4 rings (SSSR count). The first-order valence-electron chi connectivity index (χ1n) is 9.20. The highest BCUT2D eigenvalue weighted by Crippen LogP contribution is 2.20. The first-order valence-corrected chi connectivity index (χ1v) is 9.20. The Labute approximate surface area is 167 Å². The SMILES string of the molecule is COc1ccc(NC(=O)c2cnn3c2CN(C(=O)c2ncn(C)n2)CCC3)cc1. The van der Waals surface area contributed by atoms with Gasteiger partial charge in [-0.3, -0.25) is 19.0 Å². The zero-order valence-electron chi connectivity index (χ0n) is 16.2. The zero-order valence-corrected chi connectivity index (χ0v) is 16.2. The van der Waals surface area contributed by atoms with Crippen LogP contribution in [0.15, 0.2) is 36.8 Å². The van der Waals surface area contributed by atoms with Gasteiger partial charge in [0, 0.05) is 25.8 Å². The molecule has 2 aromatic heterocycles. The van der Waals surface area contributed by atoms with Crippen LogP contribution in [0.4, 0.5) is 5.69 Å². The fraction of sp³-hybridized carbons (Fsp3) is 0.316. The second-order valence-electron chi connectivity index (χ2n) is 6.73. The van der Waals surface area contributed by atoms with Gasteiger partial charge >= 0.3 is 0 Å². The van der Waals surface area contributed by atoms with E-state index >= 15 is 0 Å². The Morgan fingerprint density at radius 2 is 1.97 bits per heavy atom. The first-order chi connectivity index (χ1) is 14.0. The van der Waals surface area contributed by atoms with Crippen LogP contribution in [0.2, 0.25) is 0 Å². The lowest BCUT2D eigenvalue weighted by Crippen LogP contribution is -2.32. The van der Waals surface area contributed by atoms with Gasteiger partial charge in [0.05, 0.1) is 31.1 Å². The molecule has 0 spiro atoms. The van der Waals surface area contributed by atoms with Crippen LogP contribution in [0.3, 0.4) is 0 Å². The number of anilines is 1. The lowest BCUT2D eigenvalue weighted by atomic mass is 10.2. The largest absolute Gasteiger partial charge is 0.497 e. The van der Waals surface area contributed by atoms with E-state index in [0.717, 1.165) is 6.42 Å². The fourth-order valence-electron chi connectivity index (χ4n) is 3.26. The molecule has 0 atom stereocenters. The summed E-state index contributed by atoms with van der Waals surface area (Å²) in [4.78, 5) is 31.3. The van der Waals surface area contributed by atoms with Crippen molar-refractivity contribution in [2.24, 2.45) is 7.05 Å². The number of rotatable bonds is 4. The molecule has 0 saturated carbocycles. The first kappa shape index (κ1) is 18.7. The number of ether oxygens (including phenoxy) is 1. The van der Waals surface area contributed by atoms with Gasteiger partial charge in [-0.2, -0.15) is 5.10 Å². The topological polar surface area (TPSA) is 107 Å². The predicted octanol–water partition coefficient (Wildman–Crippen LogP) is 1.32. The highest BCUT2D eigenvalue weighted by atomic mass is 16.5. The summed E-state index contributed by atoms with van der Waals surface area (Å²) in [5.74, 6) is 0.313. The summed E-state index contributed by atoms with van der Waals surface area (Å²) < 4.78 is 8.40. The lowest BCUT2D eigenvalue weighted by Gasteiger charge is -2.18. The lowest BCUT2D eigenvalue weighted by molar-refractivity contribution is 0.0731. The summed E-state index contributed by atoms with van der Waals surface area (Å²) in [7, 11) is 3.30. The van der Waals surface area contributed by atoms with Gasteiger partial charge in [0.15, 0.2) is 0 Å². The molecule has 29 heavy (non-hydrogen) atoms. The van der Waals surface area contributed by atoms with E-state index in [9.17, 15) is 9.59 Å². The maximum Gasteiger partial charge on any atom is 0.293 e. The van der Waals surface area contributed by atoms with E-state index in [-0.39, 0.29) is 24.2 Å². The van der Waals surface area contributed by atoms with Crippen LogP contribution in [0.5, 0.6) is 5.75 Å². The maximum atomic E-state index is 12.8. The summed E-state index contributed by atoms with van der Waals surface area (Å²) in [6.07, 6.45) is 3.76. The molecule has 1 aliphatic heterocycles. The van der Waals surface area contributed by atoms with Crippen molar-refractivity contribution >= 4 is 17.5 Å². The van der Waals surface area contributed by atoms with Gasteiger partial charge in [-0.15, -0.1) is 5.10 Å². The van der Waals surface area contributed by atoms with Gasteiger partial charge in [-0.05, 0) is 30.7 Å². The Bertz CT molecular complexity index is 1040. The molecular formula is C19H21N7O3. The Hall–Kier alpha value is -3.69. The molecule has 0 bridgehead atoms. The summed E-state index contributed by atoms with van der Waals surface area (Å²) in [5.41, 5.74) is 1.78. The molecule has 2 amide bonds. The zero-order chi connectivity index (χ0) is 20.4. The van der Waals surface area contributed by atoms with Crippen LogP contribution in [0, 0.1) is 0 Å². The predicted molar refractivity (Wildman–Crippen MR) is 104 cm³/mol. The number of methoxy groups -OCH3 is 1. The number of nitrogens with one attached hydrogen (secondary N) is 1.